The Morgan fingerprint density at radius 3 is 2.48 bits per heavy atom. The number of hydrogen-bond donors (Lipinski definition) is 1. The van der Waals surface area contributed by atoms with Crippen molar-refractivity contribution in [3.8, 4) is 5.75 Å². The molecule has 2 unspecified atom stereocenters. The first-order valence-electron chi connectivity index (χ1n) is 7.59. The lowest BCUT2D eigenvalue weighted by molar-refractivity contribution is -0.0498. The summed E-state index contributed by atoms with van der Waals surface area (Å²) in [6.45, 7) is -1.07. The maximum Gasteiger partial charge on any atom is 0.387 e. The Labute approximate surface area is 147 Å². The Morgan fingerprint density at radius 2 is 1.88 bits per heavy atom. The number of nitrogens with one attached hydrogen (secondary N) is 1. The van der Waals surface area contributed by atoms with Crippen molar-refractivity contribution in [2.75, 3.05) is 6.26 Å². The molecule has 0 heterocycles. The number of rotatable bonds is 7. The number of amides is 1. The zero-order valence-electron chi connectivity index (χ0n) is 13.9. The number of carbonyl (C=O) groups excluding carboxylic acids is 1. The van der Waals surface area contributed by atoms with Crippen molar-refractivity contribution in [1.29, 1.82) is 0 Å². The molecule has 0 aromatic heterocycles. The maximum absolute atomic E-state index is 12.4. The highest BCUT2D eigenvalue weighted by atomic mass is 32.2. The molecule has 7 heteroatoms. The molecule has 0 aliphatic carbocycles. The molecule has 25 heavy (non-hydrogen) atoms. The van der Waals surface area contributed by atoms with Crippen LogP contribution in [0, 0.1) is 0 Å². The summed E-state index contributed by atoms with van der Waals surface area (Å²) in [7, 11) is -0.982. The average Bonchev–Trinajstić information content (AvgIpc) is 2.54. The molecule has 2 aromatic rings. The van der Waals surface area contributed by atoms with Crippen molar-refractivity contribution in [3.05, 3.63) is 65.2 Å². The van der Waals surface area contributed by atoms with Gasteiger partial charge in [-0.3, -0.25) is 9.00 Å². The van der Waals surface area contributed by atoms with Gasteiger partial charge in [0, 0.05) is 28.4 Å². The summed E-state index contributed by atoms with van der Waals surface area (Å²) >= 11 is 0. The standard InChI is InChI=1S/C18H19F2NO3S/c1-12(14-6-8-16(9-7-14)24-18(19)20)21-17(22)15-5-3-4-13(10-15)11-25(2)23/h3-10,12,18H,11H2,1-2H3,(H,21,22). The fraction of sp³-hybridized carbons (Fsp3) is 0.278. The Kier molecular flexibility index (Phi) is 6.64. The normalized spacial score (nSPS) is 13.3. The van der Waals surface area contributed by atoms with Gasteiger partial charge in [-0.05, 0) is 42.3 Å². The summed E-state index contributed by atoms with van der Waals surface area (Å²) < 4.78 is 39.9. The van der Waals surface area contributed by atoms with Crippen molar-refractivity contribution < 1.29 is 22.5 Å². The van der Waals surface area contributed by atoms with Gasteiger partial charge < -0.3 is 10.1 Å². The van der Waals surface area contributed by atoms with Gasteiger partial charge in [0.05, 0.1) is 6.04 Å². The third-order valence-corrected chi connectivity index (χ3v) is 4.25. The summed E-state index contributed by atoms with van der Waals surface area (Å²) in [5.41, 5.74) is 2.07. The van der Waals surface area contributed by atoms with Crippen LogP contribution in [0.15, 0.2) is 48.5 Å². The molecule has 0 bridgehead atoms. The predicted molar refractivity (Wildman–Crippen MR) is 93.2 cm³/mol. The molecule has 1 amide bonds. The maximum atomic E-state index is 12.4. The Bertz CT molecular complexity index is 750. The molecule has 2 aromatic carbocycles. The third-order valence-electron chi connectivity index (χ3n) is 3.51. The van der Waals surface area contributed by atoms with Gasteiger partial charge in [-0.2, -0.15) is 8.78 Å². The summed E-state index contributed by atoms with van der Waals surface area (Å²) in [4.78, 5) is 12.4. The number of hydrogen-bond acceptors (Lipinski definition) is 3. The second kappa shape index (κ2) is 8.71. The van der Waals surface area contributed by atoms with E-state index in [-0.39, 0.29) is 17.7 Å². The van der Waals surface area contributed by atoms with Crippen LogP contribution in [0.3, 0.4) is 0 Å². The molecule has 0 fully saturated rings. The third kappa shape index (κ3) is 5.94. The van der Waals surface area contributed by atoms with E-state index in [1.54, 1.807) is 43.5 Å². The minimum atomic E-state index is -2.87. The lowest BCUT2D eigenvalue weighted by Crippen LogP contribution is -2.26. The summed E-state index contributed by atoms with van der Waals surface area (Å²) in [5.74, 6) is 0.198. The largest absolute Gasteiger partial charge is 0.435 e. The number of halogens is 2. The van der Waals surface area contributed by atoms with Crippen LogP contribution in [0.25, 0.3) is 0 Å². The van der Waals surface area contributed by atoms with Gasteiger partial charge in [0.15, 0.2) is 0 Å². The summed E-state index contributed by atoms with van der Waals surface area (Å²) in [6.07, 6.45) is 1.61. The molecule has 2 rings (SSSR count). The van der Waals surface area contributed by atoms with Crippen LogP contribution in [0.4, 0.5) is 8.78 Å². The molecule has 134 valence electrons. The minimum Gasteiger partial charge on any atom is -0.435 e. The van der Waals surface area contributed by atoms with Gasteiger partial charge >= 0.3 is 6.61 Å². The molecule has 2 atom stereocenters. The van der Waals surface area contributed by atoms with E-state index in [0.717, 1.165) is 11.1 Å². The zero-order chi connectivity index (χ0) is 18.4. The van der Waals surface area contributed by atoms with Gasteiger partial charge in [-0.1, -0.05) is 24.3 Å². The highest BCUT2D eigenvalue weighted by molar-refractivity contribution is 7.83. The molecule has 0 saturated heterocycles. The van der Waals surface area contributed by atoms with E-state index in [4.69, 9.17) is 0 Å². The molecule has 0 aliphatic heterocycles. The number of alkyl halides is 2. The van der Waals surface area contributed by atoms with Crippen molar-refractivity contribution in [2.45, 2.75) is 25.3 Å². The van der Waals surface area contributed by atoms with E-state index < -0.39 is 17.4 Å². The van der Waals surface area contributed by atoms with Crippen molar-refractivity contribution in [3.63, 3.8) is 0 Å². The van der Waals surface area contributed by atoms with Crippen LogP contribution >= 0.6 is 0 Å². The van der Waals surface area contributed by atoms with E-state index >= 15 is 0 Å². The van der Waals surface area contributed by atoms with Crippen LogP contribution < -0.4 is 10.1 Å². The molecule has 0 radical (unpaired) electrons. The van der Waals surface area contributed by atoms with Crippen molar-refractivity contribution in [1.82, 2.24) is 5.32 Å². The lowest BCUT2D eigenvalue weighted by Gasteiger charge is -2.15. The number of benzene rings is 2. The van der Waals surface area contributed by atoms with Gasteiger partial charge in [0.1, 0.15) is 5.75 Å². The molecule has 0 spiro atoms. The van der Waals surface area contributed by atoms with Crippen LogP contribution in [0.1, 0.15) is 34.5 Å². The van der Waals surface area contributed by atoms with E-state index in [2.05, 4.69) is 10.1 Å². The predicted octanol–water partition coefficient (Wildman–Crippen LogP) is 3.66. The van der Waals surface area contributed by atoms with Crippen LogP contribution in [0.2, 0.25) is 0 Å². The van der Waals surface area contributed by atoms with E-state index in [9.17, 15) is 17.8 Å². The topological polar surface area (TPSA) is 55.4 Å². The Hall–Kier alpha value is -2.28. The van der Waals surface area contributed by atoms with E-state index in [1.165, 1.54) is 12.1 Å². The quantitative estimate of drug-likeness (QED) is 0.813. The van der Waals surface area contributed by atoms with Gasteiger partial charge in [0.25, 0.3) is 5.91 Å². The van der Waals surface area contributed by atoms with Crippen LogP contribution in [-0.4, -0.2) is 23.0 Å². The van der Waals surface area contributed by atoms with E-state index in [1.807, 2.05) is 6.07 Å². The summed E-state index contributed by atoms with van der Waals surface area (Å²) in [5, 5.41) is 2.85. The molecular weight excluding hydrogens is 348 g/mol. The fourth-order valence-corrected chi connectivity index (χ4v) is 2.99. The first-order chi connectivity index (χ1) is 11.8. The highest BCUT2D eigenvalue weighted by Gasteiger charge is 2.13. The summed E-state index contributed by atoms with van der Waals surface area (Å²) in [6, 6.07) is 12.8. The molecule has 1 N–H and O–H groups in total. The SMILES string of the molecule is CC(NC(=O)c1cccc(CS(C)=O)c1)c1ccc(OC(F)F)cc1. The number of ether oxygens (including phenoxy) is 1. The van der Waals surface area contributed by atoms with Gasteiger partial charge in [-0.15, -0.1) is 0 Å². The second-order valence-electron chi connectivity index (χ2n) is 5.56. The highest BCUT2D eigenvalue weighted by Crippen LogP contribution is 2.19. The Balaban J connectivity index is 2.03. The van der Waals surface area contributed by atoms with Crippen LogP contribution in [-0.2, 0) is 16.6 Å². The fourth-order valence-electron chi connectivity index (χ4n) is 2.34. The smallest absolute Gasteiger partial charge is 0.387 e. The Morgan fingerprint density at radius 1 is 1.20 bits per heavy atom. The first-order valence-corrected chi connectivity index (χ1v) is 9.32. The molecule has 4 nitrogen and oxygen atoms in total. The van der Waals surface area contributed by atoms with Crippen LogP contribution in [0.5, 0.6) is 5.75 Å². The van der Waals surface area contributed by atoms with Gasteiger partial charge in [0.2, 0.25) is 0 Å². The lowest BCUT2D eigenvalue weighted by atomic mass is 10.1. The van der Waals surface area contributed by atoms with Crippen molar-refractivity contribution in [2.24, 2.45) is 0 Å². The molecular formula is C18H19F2NO3S. The average molecular weight is 367 g/mol. The van der Waals surface area contributed by atoms with E-state index in [0.29, 0.717) is 11.3 Å². The first kappa shape index (κ1) is 19.1. The number of carbonyl (C=O) groups is 1. The zero-order valence-corrected chi connectivity index (χ0v) is 14.7. The molecule has 0 aliphatic rings. The van der Waals surface area contributed by atoms with Gasteiger partial charge in [-0.25, -0.2) is 0 Å². The second-order valence-corrected chi connectivity index (χ2v) is 7.00. The molecule has 0 saturated carbocycles. The minimum absolute atomic E-state index is 0.0672. The monoisotopic (exact) mass is 367 g/mol. The van der Waals surface area contributed by atoms with Crippen molar-refractivity contribution >= 4 is 16.7 Å².